The molecule has 1 heterocycles. The van der Waals surface area contributed by atoms with Crippen LogP contribution in [0.5, 0.6) is 11.5 Å². The Kier molecular flexibility index (Phi) is 7.73. The Balaban J connectivity index is 1.41. The van der Waals surface area contributed by atoms with Crippen molar-refractivity contribution in [2.24, 2.45) is 0 Å². The van der Waals surface area contributed by atoms with Crippen molar-refractivity contribution in [2.45, 2.75) is 19.5 Å². The fraction of sp³-hybridized carbons (Fsp3) is 0.296. The second-order valence-corrected chi connectivity index (χ2v) is 10.6. The van der Waals surface area contributed by atoms with Crippen LogP contribution in [0.3, 0.4) is 0 Å². The maximum Gasteiger partial charge on any atom is 0.246 e. The molecule has 1 atom stereocenters. The number of ether oxygens (including phenoxy) is 1. The topological polar surface area (TPSA) is 70.2 Å². The first kappa shape index (κ1) is 24.8. The molecule has 1 aliphatic heterocycles. The van der Waals surface area contributed by atoms with E-state index in [-0.39, 0.29) is 5.91 Å². The van der Waals surface area contributed by atoms with Crippen LogP contribution >= 0.6 is 0 Å². The summed E-state index contributed by atoms with van der Waals surface area (Å²) in [6, 6.07) is 25.5. The number of carbonyl (C=O) groups excluding carboxylic acids is 1. The highest BCUT2D eigenvalue weighted by Gasteiger charge is 2.33. The van der Waals surface area contributed by atoms with Crippen LogP contribution in [0.25, 0.3) is 0 Å². The molecular weight excluding hydrogens is 462 g/mol. The summed E-state index contributed by atoms with van der Waals surface area (Å²) in [5.74, 6) is 1.08. The van der Waals surface area contributed by atoms with Crippen LogP contribution in [-0.4, -0.2) is 62.6 Å². The number of anilines is 1. The van der Waals surface area contributed by atoms with Gasteiger partial charge in [0.2, 0.25) is 15.9 Å². The maximum absolute atomic E-state index is 13.3. The SMILES string of the molecule is C[C@@H](C(=O)N1CCN(Cc2ccccc2)CC1)N(c1ccc(Oc2ccccc2)cc1)S(C)(=O)=O. The van der Waals surface area contributed by atoms with Gasteiger partial charge in [0.05, 0.1) is 11.9 Å². The lowest BCUT2D eigenvalue weighted by molar-refractivity contribution is -0.133. The van der Waals surface area contributed by atoms with Crippen LogP contribution in [0, 0.1) is 0 Å². The Labute approximate surface area is 207 Å². The minimum Gasteiger partial charge on any atom is -0.457 e. The van der Waals surface area contributed by atoms with E-state index in [1.54, 1.807) is 36.1 Å². The van der Waals surface area contributed by atoms with E-state index in [1.165, 1.54) is 9.87 Å². The molecule has 1 aliphatic rings. The third-order valence-electron chi connectivity index (χ3n) is 6.07. The normalized spacial score (nSPS) is 15.4. The lowest BCUT2D eigenvalue weighted by atomic mass is 10.2. The molecule has 3 aromatic carbocycles. The zero-order valence-corrected chi connectivity index (χ0v) is 20.9. The average Bonchev–Trinajstić information content (AvgIpc) is 2.86. The number of amides is 1. The standard InChI is InChI=1S/C27H31N3O4S/c1-22(27(31)29-19-17-28(18-20-29)21-23-9-5-3-6-10-23)30(35(2,32)33)24-13-15-26(16-14-24)34-25-11-7-4-8-12-25/h3-16,22H,17-21H2,1-2H3/t22-/m0/s1. The number of para-hydroxylation sites is 1. The largest absolute Gasteiger partial charge is 0.457 e. The van der Waals surface area contributed by atoms with Gasteiger partial charge in [0.25, 0.3) is 0 Å². The van der Waals surface area contributed by atoms with E-state index in [4.69, 9.17) is 4.74 Å². The van der Waals surface area contributed by atoms with Gasteiger partial charge in [-0.25, -0.2) is 8.42 Å². The highest BCUT2D eigenvalue weighted by molar-refractivity contribution is 7.92. The molecule has 0 bridgehead atoms. The van der Waals surface area contributed by atoms with Crippen molar-refractivity contribution in [3.63, 3.8) is 0 Å². The molecule has 0 saturated carbocycles. The van der Waals surface area contributed by atoms with Crippen LogP contribution in [0.2, 0.25) is 0 Å². The summed E-state index contributed by atoms with van der Waals surface area (Å²) in [5, 5.41) is 0. The number of benzene rings is 3. The summed E-state index contributed by atoms with van der Waals surface area (Å²) in [7, 11) is -3.69. The first-order chi connectivity index (χ1) is 16.8. The van der Waals surface area contributed by atoms with E-state index in [9.17, 15) is 13.2 Å². The lowest BCUT2D eigenvalue weighted by Gasteiger charge is -2.38. The number of nitrogens with zero attached hydrogens (tertiary/aromatic N) is 3. The van der Waals surface area contributed by atoms with Crippen molar-refractivity contribution in [1.29, 1.82) is 0 Å². The summed E-state index contributed by atoms with van der Waals surface area (Å²) in [5.41, 5.74) is 1.67. The smallest absolute Gasteiger partial charge is 0.246 e. The molecule has 7 nitrogen and oxygen atoms in total. The van der Waals surface area contributed by atoms with E-state index < -0.39 is 16.1 Å². The molecular formula is C27H31N3O4S. The first-order valence-electron chi connectivity index (χ1n) is 11.7. The highest BCUT2D eigenvalue weighted by Crippen LogP contribution is 2.27. The van der Waals surface area contributed by atoms with Gasteiger partial charge in [0.15, 0.2) is 0 Å². The van der Waals surface area contributed by atoms with E-state index >= 15 is 0 Å². The van der Waals surface area contributed by atoms with Gasteiger partial charge >= 0.3 is 0 Å². The van der Waals surface area contributed by atoms with Gasteiger partial charge in [0.1, 0.15) is 17.5 Å². The fourth-order valence-corrected chi connectivity index (χ4v) is 5.49. The molecule has 8 heteroatoms. The number of carbonyl (C=O) groups is 1. The molecule has 184 valence electrons. The molecule has 0 aliphatic carbocycles. The van der Waals surface area contributed by atoms with Crippen LogP contribution in [0.1, 0.15) is 12.5 Å². The summed E-state index contributed by atoms with van der Waals surface area (Å²) in [4.78, 5) is 17.4. The predicted octanol–water partition coefficient (Wildman–Crippen LogP) is 3.98. The minimum atomic E-state index is -3.69. The van der Waals surface area contributed by atoms with Gasteiger partial charge < -0.3 is 9.64 Å². The monoisotopic (exact) mass is 493 g/mol. The quantitative estimate of drug-likeness (QED) is 0.475. The van der Waals surface area contributed by atoms with Crippen LogP contribution < -0.4 is 9.04 Å². The van der Waals surface area contributed by atoms with Gasteiger partial charge in [-0.2, -0.15) is 0 Å². The third kappa shape index (κ3) is 6.41. The molecule has 0 N–H and O–H groups in total. The van der Waals surface area contributed by atoms with Crippen molar-refractivity contribution in [3.8, 4) is 11.5 Å². The van der Waals surface area contributed by atoms with Gasteiger partial charge in [-0.3, -0.25) is 14.0 Å². The van der Waals surface area contributed by atoms with Crippen LogP contribution in [-0.2, 0) is 21.4 Å². The Morgan fingerprint density at radius 2 is 1.40 bits per heavy atom. The second kappa shape index (κ2) is 10.9. The fourth-order valence-electron chi connectivity index (χ4n) is 4.32. The molecule has 4 rings (SSSR count). The molecule has 1 saturated heterocycles. The summed E-state index contributed by atoms with van der Waals surface area (Å²) in [6.45, 7) is 5.11. The number of sulfonamides is 1. The Hall–Kier alpha value is -3.36. The molecule has 1 fully saturated rings. The van der Waals surface area contributed by atoms with Crippen LogP contribution in [0.15, 0.2) is 84.9 Å². The molecule has 3 aromatic rings. The summed E-state index contributed by atoms with van der Waals surface area (Å²) in [6.07, 6.45) is 1.13. The van der Waals surface area contributed by atoms with Crippen molar-refractivity contribution in [3.05, 3.63) is 90.5 Å². The third-order valence-corrected chi connectivity index (χ3v) is 7.31. The van der Waals surface area contributed by atoms with Gasteiger partial charge in [-0.15, -0.1) is 0 Å². The van der Waals surface area contributed by atoms with E-state index in [0.29, 0.717) is 30.3 Å². The second-order valence-electron chi connectivity index (χ2n) is 8.73. The molecule has 35 heavy (non-hydrogen) atoms. The molecule has 0 aromatic heterocycles. The van der Waals surface area contributed by atoms with E-state index in [1.807, 2.05) is 48.5 Å². The minimum absolute atomic E-state index is 0.195. The van der Waals surface area contributed by atoms with Crippen molar-refractivity contribution >= 4 is 21.6 Å². The molecule has 0 unspecified atom stereocenters. The molecule has 0 radical (unpaired) electrons. The zero-order valence-electron chi connectivity index (χ0n) is 20.1. The van der Waals surface area contributed by atoms with Crippen molar-refractivity contribution < 1.29 is 17.9 Å². The highest BCUT2D eigenvalue weighted by atomic mass is 32.2. The van der Waals surface area contributed by atoms with Crippen molar-refractivity contribution in [2.75, 3.05) is 36.7 Å². The maximum atomic E-state index is 13.3. The average molecular weight is 494 g/mol. The summed E-state index contributed by atoms with van der Waals surface area (Å²) >= 11 is 0. The van der Waals surface area contributed by atoms with Gasteiger partial charge in [0, 0.05) is 32.7 Å². The zero-order chi connectivity index (χ0) is 24.8. The summed E-state index contributed by atoms with van der Waals surface area (Å²) < 4.78 is 32.4. The number of rotatable bonds is 8. The van der Waals surface area contributed by atoms with Gasteiger partial charge in [-0.1, -0.05) is 48.5 Å². The number of piperazine rings is 1. The molecule has 1 amide bonds. The van der Waals surface area contributed by atoms with Crippen LogP contribution in [0.4, 0.5) is 5.69 Å². The number of hydrogen-bond acceptors (Lipinski definition) is 5. The first-order valence-corrected chi connectivity index (χ1v) is 13.5. The van der Waals surface area contributed by atoms with Gasteiger partial charge in [-0.05, 0) is 48.9 Å². The Morgan fingerprint density at radius 1 is 0.857 bits per heavy atom. The predicted molar refractivity (Wildman–Crippen MR) is 138 cm³/mol. The van der Waals surface area contributed by atoms with Crippen molar-refractivity contribution in [1.82, 2.24) is 9.80 Å². The van der Waals surface area contributed by atoms with E-state index in [2.05, 4.69) is 17.0 Å². The Bertz CT molecular complexity index is 1210. The lowest BCUT2D eigenvalue weighted by Crippen LogP contribution is -2.55. The number of hydrogen-bond donors (Lipinski definition) is 0. The molecule has 0 spiro atoms. The van der Waals surface area contributed by atoms with E-state index in [0.717, 1.165) is 25.9 Å². The Morgan fingerprint density at radius 3 is 1.97 bits per heavy atom.